The molecule has 0 spiro atoms. The zero-order valence-corrected chi connectivity index (χ0v) is 52.6. The van der Waals surface area contributed by atoms with Gasteiger partial charge in [0.1, 0.15) is 40.4 Å². The van der Waals surface area contributed by atoms with Crippen LogP contribution in [0, 0.1) is 11.6 Å². The SMILES string of the molecule is COc1cc(Br)c(F)cc1-n1c2c(ccc1=O)CN(S(=O)(=O)Nc1cccnn1)CC2.COc1cc(Cl)cc(-c2cc(OC)c(-n3c4c(ccc3=O)CN(S(=O)(=O)Nc3cccnn3)CC4)cc2F)c1.COc1cc(Cl)cc(O[B]O)c1.P.P. The van der Waals surface area contributed by atoms with Crippen molar-refractivity contribution < 1.29 is 54.2 Å². The first-order chi connectivity index (χ1) is 39.2. The number of methoxy groups -OCH3 is 4. The molecule has 1 radical (unpaired) electrons. The molecule has 6 heterocycles. The van der Waals surface area contributed by atoms with E-state index in [1.807, 2.05) is 0 Å². The molecule has 0 aliphatic carbocycles. The molecule has 443 valence electrons. The van der Waals surface area contributed by atoms with Crippen molar-refractivity contribution in [1.29, 1.82) is 0 Å². The summed E-state index contributed by atoms with van der Waals surface area (Å²) in [5.74, 6) is 1.08. The number of aromatic nitrogens is 6. The third kappa shape index (κ3) is 15.7. The van der Waals surface area contributed by atoms with Crippen molar-refractivity contribution in [3.05, 3.63) is 191 Å². The molecule has 3 N–H and O–H groups in total. The van der Waals surface area contributed by atoms with Crippen LogP contribution in [0.3, 0.4) is 0 Å². The van der Waals surface area contributed by atoms with Crippen molar-refractivity contribution in [1.82, 2.24) is 38.1 Å². The summed E-state index contributed by atoms with van der Waals surface area (Å²) in [6.07, 6.45) is 3.32. The van der Waals surface area contributed by atoms with Crippen LogP contribution in [0.25, 0.3) is 22.5 Å². The maximum atomic E-state index is 15.5. The molecule has 2 aliphatic rings. The van der Waals surface area contributed by atoms with Crippen molar-refractivity contribution in [3.63, 3.8) is 0 Å². The van der Waals surface area contributed by atoms with Gasteiger partial charge in [-0.05, 0) is 99.4 Å². The van der Waals surface area contributed by atoms with Crippen LogP contribution in [-0.4, -0.2) is 109 Å². The molecule has 0 bridgehead atoms. The summed E-state index contributed by atoms with van der Waals surface area (Å²) >= 11 is 15.0. The Morgan fingerprint density at radius 1 is 0.607 bits per heavy atom. The number of ether oxygens (including phenoxy) is 4. The van der Waals surface area contributed by atoms with Crippen LogP contribution in [0.2, 0.25) is 10.0 Å². The first-order valence-electron chi connectivity index (χ1n) is 24.1. The Bertz CT molecular complexity index is 4010. The number of rotatable bonds is 15. The Labute approximate surface area is 507 Å². The van der Waals surface area contributed by atoms with Crippen molar-refractivity contribution >= 4 is 98.7 Å². The van der Waals surface area contributed by atoms with E-state index in [0.29, 0.717) is 68.8 Å². The predicted molar refractivity (Wildman–Crippen MR) is 328 cm³/mol. The molecular weight excluding hydrogens is 1280 g/mol. The van der Waals surface area contributed by atoms with Gasteiger partial charge in [0.25, 0.3) is 11.1 Å². The lowest BCUT2D eigenvalue weighted by Gasteiger charge is -2.30. The van der Waals surface area contributed by atoms with Crippen LogP contribution in [0.4, 0.5) is 20.4 Å². The fourth-order valence-corrected chi connectivity index (χ4v) is 11.7. The molecule has 84 heavy (non-hydrogen) atoms. The highest BCUT2D eigenvalue weighted by Crippen LogP contribution is 2.37. The highest BCUT2D eigenvalue weighted by Gasteiger charge is 2.32. The molecule has 4 aromatic carbocycles. The Balaban J connectivity index is 0.000000224. The lowest BCUT2D eigenvalue weighted by molar-refractivity contribution is 0.385. The van der Waals surface area contributed by atoms with Gasteiger partial charge in [-0.3, -0.25) is 28.2 Å². The first-order valence-corrected chi connectivity index (χ1v) is 28.5. The summed E-state index contributed by atoms with van der Waals surface area (Å²) in [6.45, 7) is 0.230. The van der Waals surface area contributed by atoms with E-state index in [0.717, 1.165) is 0 Å². The molecule has 2 unspecified atom stereocenters. The average molecular weight is 1340 g/mol. The number of anilines is 2. The molecule has 2 aliphatic heterocycles. The van der Waals surface area contributed by atoms with Crippen LogP contribution in [0.5, 0.6) is 28.7 Å². The molecule has 10 rings (SSSR count). The van der Waals surface area contributed by atoms with Gasteiger partial charge in [0.05, 0.1) is 44.3 Å². The van der Waals surface area contributed by atoms with E-state index in [-0.39, 0.29) is 103 Å². The maximum Gasteiger partial charge on any atom is 0.569 e. The molecule has 0 saturated heterocycles. The summed E-state index contributed by atoms with van der Waals surface area (Å²) in [7, 11) is -1.39. The van der Waals surface area contributed by atoms with E-state index in [4.69, 9.17) is 51.8 Å². The standard InChI is InChI=1S/C26H23ClFN5O5S.C19H17BrFN5O4S.C7H7BClO3.2H3P/c1-37-19-11-17(10-18(27)12-19)20-13-24(38-2)23(14-21(20)28)33-22-7-9-32(15-16(22)5-6-26(33)34)39(35,36)31-25-4-3-8-29-30-25;1-30-17-9-13(20)14(21)10-16(17)26-15-6-8-25(11-12(15)4-5-19(26)27)31(28,29)24-18-3-2-7-22-23-18;1-11-6-2-5(9)3-7(4-6)12-8-10;;/h3-6,8,10-14H,7,9,15H2,1-2H3,(H,30,31);2-5,7,9-10H,6,8,11H2,1H3,(H,23,24);2-4,10H,1H3;2*1H3. The number of hydrogen-bond donors (Lipinski definition) is 3. The summed E-state index contributed by atoms with van der Waals surface area (Å²) in [5, 5.41) is 24.0. The minimum Gasteiger partial charge on any atom is -0.537 e. The van der Waals surface area contributed by atoms with E-state index in [9.17, 15) is 30.8 Å². The van der Waals surface area contributed by atoms with Gasteiger partial charge in [-0.15, -0.1) is 10.2 Å². The molecule has 2 atom stereocenters. The topological polar surface area (TPSA) is 261 Å². The van der Waals surface area contributed by atoms with Gasteiger partial charge in [0.15, 0.2) is 11.6 Å². The summed E-state index contributed by atoms with van der Waals surface area (Å²) in [6, 6.07) is 27.0. The van der Waals surface area contributed by atoms with Gasteiger partial charge in [-0.25, -0.2) is 8.78 Å². The van der Waals surface area contributed by atoms with Crippen LogP contribution in [-0.2, 0) is 46.3 Å². The normalized spacial score (nSPS) is 12.8. The Kier molecular flexibility index (Phi) is 23.1. The molecule has 0 amide bonds. The van der Waals surface area contributed by atoms with Gasteiger partial charge >= 0.3 is 28.1 Å². The van der Waals surface area contributed by atoms with Crippen molar-refractivity contribution in [2.24, 2.45) is 0 Å². The zero-order valence-electron chi connectivity index (χ0n) is 45.0. The number of nitrogens with one attached hydrogen (secondary N) is 2. The maximum absolute atomic E-state index is 15.5. The molecule has 0 saturated carbocycles. The van der Waals surface area contributed by atoms with E-state index in [1.54, 1.807) is 60.7 Å². The van der Waals surface area contributed by atoms with Crippen molar-refractivity contribution in [2.45, 2.75) is 25.9 Å². The number of pyridine rings is 2. The minimum absolute atomic E-state index is 0. The van der Waals surface area contributed by atoms with Crippen LogP contribution < -0.4 is 44.2 Å². The highest BCUT2D eigenvalue weighted by molar-refractivity contribution is 9.10. The van der Waals surface area contributed by atoms with Crippen LogP contribution in [0.1, 0.15) is 22.5 Å². The first kappa shape index (κ1) is 66.3. The number of hydrogen-bond acceptors (Lipinski definition) is 16. The minimum atomic E-state index is -3.94. The fraction of sp³-hybridized carbons (Fsp3) is 0.192. The molecule has 0 fully saturated rings. The molecular formula is C52H53BBrCl2F2N10O12P2S2. The van der Waals surface area contributed by atoms with E-state index in [1.165, 1.54) is 107 Å². The number of fused-ring (bicyclic) bond motifs is 2. The summed E-state index contributed by atoms with van der Waals surface area (Å²) < 4.78 is 117. The van der Waals surface area contributed by atoms with Crippen molar-refractivity contribution in [3.8, 4) is 51.2 Å². The van der Waals surface area contributed by atoms with E-state index < -0.39 is 37.6 Å². The number of nitrogens with zero attached hydrogens (tertiary/aromatic N) is 8. The van der Waals surface area contributed by atoms with E-state index in [2.05, 4.69) is 45.8 Å². The number of benzene rings is 4. The van der Waals surface area contributed by atoms with Gasteiger partial charge in [0.2, 0.25) is 0 Å². The van der Waals surface area contributed by atoms with Crippen LogP contribution >= 0.6 is 58.9 Å². The van der Waals surface area contributed by atoms with Gasteiger partial charge in [0, 0.05) is 109 Å². The fourth-order valence-electron chi connectivity index (χ4n) is 8.69. The molecule has 32 heteroatoms. The average Bonchev–Trinajstić information content (AvgIpc) is 1.36. The quantitative estimate of drug-likeness (QED) is 0.0665. The second-order valence-electron chi connectivity index (χ2n) is 17.4. The molecule has 8 aromatic rings. The highest BCUT2D eigenvalue weighted by atomic mass is 79.9. The van der Waals surface area contributed by atoms with E-state index >= 15 is 4.39 Å². The summed E-state index contributed by atoms with van der Waals surface area (Å²) in [5.41, 5.74) is 2.73. The monoisotopic (exact) mass is 1330 g/mol. The number of halogens is 5. The lowest BCUT2D eigenvalue weighted by atomic mass is 10.0. The zero-order chi connectivity index (χ0) is 58.9. The predicted octanol–water partition coefficient (Wildman–Crippen LogP) is 7.44. The van der Waals surface area contributed by atoms with Gasteiger partial charge < -0.3 is 28.6 Å². The third-order valence-electron chi connectivity index (χ3n) is 12.4. The Morgan fingerprint density at radius 3 is 1.54 bits per heavy atom. The van der Waals surface area contributed by atoms with Crippen LogP contribution in [0.15, 0.2) is 136 Å². The second-order valence-corrected chi connectivity index (χ2v) is 22.5. The van der Waals surface area contributed by atoms with Gasteiger partial charge in [-0.1, -0.05) is 35.3 Å². The summed E-state index contributed by atoms with van der Waals surface area (Å²) in [4.78, 5) is 25.8. The Hall–Kier alpha value is -6.84. The molecule has 22 nitrogen and oxygen atoms in total. The van der Waals surface area contributed by atoms with Gasteiger partial charge in [-0.2, -0.15) is 55.4 Å². The van der Waals surface area contributed by atoms with Crippen molar-refractivity contribution in [2.75, 3.05) is 51.0 Å². The largest absolute Gasteiger partial charge is 0.569 e. The Morgan fingerprint density at radius 2 is 1.07 bits per heavy atom. The third-order valence-corrected chi connectivity index (χ3v) is 16.4. The smallest absolute Gasteiger partial charge is 0.537 e. The molecule has 4 aromatic heterocycles. The lowest BCUT2D eigenvalue weighted by Crippen LogP contribution is -2.41. The second kappa shape index (κ2) is 29.3.